The molecule has 138 valence electrons. The second-order valence-corrected chi connectivity index (χ2v) is 6.83. The number of carbonyl (C=O) groups is 1. The first-order valence-corrected chi connectivity index (χ1v) is 9.10. The van der Waals surface area contributed by atoms with E-state index in [0.717, 1.165) is 37.2 Å². The lowest BCUT2D eigenvalue weighted by Gasteiger charge is -2.31. The van der Waals surface area contributed by atoms with E-state index in [2.05, 4.69) is 17.0 Å². The zero-order valence-electron chi connectivity index (χ0n) is 14.9. The molecule has 5 nitrogen and oxygen atoms in total. The Balaban J connectivity index is 1.43. The van der Waals surface area contributed by atoms with Gasteiger partial charge >= 0.3 is 0 Å². The van der Waals surface area contributed by atoms with Crippen LogP contribution in [0.4, 0.5) is 0 Å². The molecule has 1 amide bonds. The molecule has 0 unspecified atom stereocenters. The van der Waals surface area contributed by atoms with E-state index in [4.69, 9.17) is 10.5 Å². The quantitative estimate of drug-likeness (QED) is 0.800. The number of aliphatic hydroxyl groups is 1. The average Bonchev–Trinajstić information content (AvgIpc) is 2.68. The highest BCUT2D eigenvalue weighted by molar-refractivity contribution is 5.76. The van der Waals surface area contributed by atoms with Crippen LogP contribution >= 0.6 is 0 Å². The van der Waals surface area contributed by atoms with Crippen LogP contribution < -0.4 is 10.5 Å². The van der Waals surface area contributed by atoms with Gasteiger partial charge in [-0.2, -0.15) is 0 Å². The van der Waals surface area contributed by atoms with Crippen LogP contribution in [0.25, 0.3) is 11.1 Å². The zero-order valence-corrected chi connectivity index (χ0v) is 14.9. The monoisotopic (exact) mass is 354 g/mol. The van der Waals surface area contributed by atoms with Crippen molar-refractivity contribution in [3.8, 4) is 16.9 Å². The maximum atomic E-state index is 11.2. The number of nitrogens with two attached hydrogens (primary N) is 1. The number of carbonyl (C=O) groups excluding carboxylic acids is 1. The van der Waals surface area contributed by atoms with Gasteiger partial charge in [-0.3, -0.25) is 4.79 Å². The Kier molecular flexibility index (Phi) is 6.26. The molecular formula is C21H26N2O3. The molecule has 0 saturated carbocycles. The third-order valence-electron chi connectivity index (χ3n) is 4.86. The Morgan fingerprint density at radius 3 is 2.31 bits per heavy atom. The Hall–Kier alpha value is -2.37. The highest BCUT2D eigenvalue weighted by Gasteiger charge is 2.24. The lowest BCUT2D eigenvalue weighted by atomic mass is 9.96. The van der Waals surface area contributed by atoms with Crippen molar-refractivity contribution in [2.45, 2.75) is 18.9 Å². The number of rotatable bonds is 7. The number of piperidine rings is 1. The molecule has 3 rings (SSSR count). The van der Waals surface area contributed by atoms with E-state index in [1.165, 1.54) is 5.56 Å². The first kappa shape index (κ1) is 18.4. The van der Waals surface area contributed by atoms with Gasteiger partial charge in [0.05, 0.1) is 0 Å². The first-order valence-electron chi connectivity index (χ1n) is 9.10. The van der Waals surface area contributed by atoms with E-state index >= 15 is 0 Å². The minimum Gasteiger partial charge on any atom is -0.491 e. The fourth-order valence-corrected chi connectivity index (χ4v) is 3.32. The summed E-state index contributed by atoms with van der Waals surface area (Å²) in [7, 11) is 0. The van der Waals surface area contributed by atoms with Crippen molar-refractivity contribution in [3.05, 3.63) is 54.6 Å². The van der Waals surface area contributed by atoms with Gasteiger partial charge in [0.2, 0.25) is 5.91 Å². The lowest BCUT2D eigenvalue weighted by molar-refractivity contribution is -0.123. The number of benzene rings is 2. The minimum atomic E-state index is -0.561. The number of aliphatic hydroxyl groups excluding tert-OH is 1. The van der Waals surface area contributed by atoms with Gasteiger partial charge in [-0.25, -0.2) is 0 Å². The van der Waals surface area contributed by atoms with Crippen LogP contribution in [0.1, 0.15) is 12.8 Å². The molecule has 5 heteroatoms. The molecule has 3 N–H and O–H groups in total. The number of hydrogen-bond donors (Lipinski definition) is 2. The van der Waals surface area contributed by atoms with Gasteiger partial charge in [0.25, 0.3) is 0 Å². The van der Waals surface area contributed by atoms with Crippen LogP contribution in [0.5, 0.6) is 5.75 Å². The molecule has 26 heavy (non-hydrogen) atoms. The normalized spacial score (nSPS) is 17.0. The van der Waals surface area contributed by atoms with Gasteiger partial charge in [-0.05, 0) is 49.2 Å². The number of hydrogen-bond acceptors (Lipinski definition) is 4. The largest absolute Gasteiger partial charge is 0.491 e. The summed E-state index contributed by atoms with van der Waals surface area (Å²) >= 11 is 0. The predicted molar refractivity (Wildman–Crippen MR) is 102 cm³/mol. The molecule has 0 aliphatic carbocycles. The molecular weight excluding hydrogens is 328 g/mol. The third-order valence-corrected chi connectivity index (χ3v) is 4.86. The Morgan fingerprint density at radius 2 is 1.69 bits per heavy atom. The van der Waals surface area contributed by atoms with Crippen molar-refractivity contribution in [1.82, 2.24) is 4.90 Å². The molecule has 2 aromatic carbocycles. The number of amides is 1. The number of primary amides is 1. The topological polar surface area (TPSA) is 75.8 Å². The summed E-state index contributed by atoms with van der Waals surface area (Å²) in [6, 6.07) is 18.1. The third kappa shape index (κ3) is 5.07. The molecule has 1 fully saturated rings. The maximum absolute atomic E-state index is 11.2. The van der Waals surface area contributed by atoms with Crippen molar-refractivity contribution >= 4 is 5.91 Å². The second kappa shape index (κ2) is 8.83. The van der Waals surface area contributed by atoms with Crippen LogP contribution in [0.3, 0.4) is 0 Å². The fourth-order valence-electron chi connectivity index (χ4n) is 3.32. The van der Waals surface area contributed by atoms with E-state index < -0.39 is 6.10 Å². The summed E-state index contributed by atoms with van der Waals surface area (Å²) < 4.78 is 5.71. The van der Waals surface area contributed by atoms with E-state index in [0.29, 0.717) is 6.54 Å². The highest BCUT2D eigenvalue weighted by atomic mass is 16.5. The summed E-state index contributed by atoms with van der Waals surface area (Å²) in [4.78, 5) is 13.4. The molecule has 1 aliphatic rings. The van der Waals surface area contributed by atoms with Crippen molar-refractivity contribution in [2.75, 3.05) is 26.2 Å². The number of β-amino-alcohol motifs (C(OH)–C–C–N with tert-alkyl or cyclic N) is 1. The number of likely N-dealkylation sites (tertiary alicyclic amines) is 1. The molecule has 0 radical (unpaired) electrons. The van der Waals surface area contributed by atoms with Gasteiger partial charge in [0.15, 0.2) is 0 Å². The second-order valence-electron chi connectivity index (χ2n) is 6.83. The van der Waals surface area contributed by atoms with Gasteiger partial charge in [-0.15, -0.1) is 0 Å². The van der Waals surface area contributed by atoms with Crippen LogP contribution in [0.15, 0.2) is 54.6 Å². The minimum absolute atomic E-state index is 0.0252. The first-order chi connectivity index (χ1) is 12.6. The van der Waals surface area contributed by atoms with Crippen molar-refractivity contribution < 1.29 is 14.6 Å². The van der Waals surface area contributed by atoms with Crippen LogP contribution in [-0.2, 0) is 4.79 Å². The predicted octanol–water partition coefficient (Wildman–Crippen LogP) is 2.29. The van der Waals surface area contributed by atoms with Crippen LogP contribution in [0.2, 0.25) is 0 Å². The Labute approximate surface area is 154 Å². The van der Waals surface area contributed by atoms with E-state index in [9.17, 15) is 9.90 Å². The van der Waals surface area contributed by atoms with Gasteiger partial charge in [0.1, 0.15) is 18.5 Å². The maximum Gasteiger partial charge on any atom is 0.220 e. The molecule has 1 atom stereocenters. The Morgan fingerprint density at radius 1 is 1.08 bits per heavy atom. The van der Waals surface area contributed by atoms with Crippen molar-refractivity contribution in [1.29, 1.82) is 0 Å². The molecule has 2 aromatic rings. The molecule has 1 heterocycles. The van der Waals surface area contributed by atoms with Crippen molar-refractivity contribution in [2.24, 2.45) is 11.7 Å². The van der Waals surface area contributed by atoms with Gasteiger partial charge in [0, 0.05) is 12.5 Å². The summed E-state index contributed by atoms with van der Waals surface area (Å²) in [6.45, 7) is 2.38. The van der Waals surface area contributed by atoms with E-state index in [-0.39, 0.29) is 18.4 Å². The van der Waals surface area contributed by atoms with Crippen LogP contribution in [0, 0.1) is 5.92 Å². The highest BCUT2D eigenvalue weighted by Crippen LogP contribution is 2.22. The molecule has 0 bridgehead atoms. The summed E-state index contributed by atoms with van der Waals surface area (Å²) in [5, 5.41) is 10.2. The van der Waals surface area contributed by atoms with Gasteiger partial charge in [-0.1, -0.05) is 42.5 Å². The fraction of sp³-hybridized carbons (Fsp3) is 0.381. The van der Waals surface area contributed by atoms with Gasteiger partial charge < -0.3 is 20.5 Å². The number of ether oxygens (including phenoxy) is 1. The molecule has 1 saturated heterocycles. The summed E-state index contributed by atoms with van der Waals surface area (Å²) in [6.07, 6.45) is 0.974. The standard InChI is InChI=1S/C21H26N2O3/c22-21(25)18-10-12-23(13-11-18)14-19(24)15-26-20-8-6-17(7-9-20)16-4-2-1-3-5-16/h1-9,18-19,24H,10-15H2,(H2,22,25)/t19-/m1/s1. The molecule has 0 spiro atoms. The number of nitrogens with zero attached hydrogens (tertiary/aromatic N) is 1. The van der Waals surface area contributed by atoms with E-state index in [1.807, 2.05) is 42.5 Å². The van der Waals surface area contributed by atoms with Crippen LogP contribution in [-0.4, -0.2) is 48.3 Å². The van der Waals surface area contributed by atoms with Crippen molar-refractivity contribution in [3.63, 3.8) is 0 Å². The van der Waals surface area contributed by atoms with E-state index in [1.54, 1.807) is 0 Å². The Bertz CT molecular complexity index is 695. The summed E-state index contributed by atoms with van der Waals surface area (Å²) in [5.41, 5.74) is 7.65. The molecule has 1 aliphatic heterocycles. The average molecular weight is 354 g/mol. The summed E-state index contributed by atoms with van der Waals surface area (Å²) in [5.74, 6) is 0.506. The smallest absolute Gasteiger partial charge is 0.220 e. The molecule has 0 aromatic heterocycles. The lowest BCUT2D eigenvalue weighted by Crippen LogP contribution is -2.43. The SMILES string of the molecule is NC(=O)C1CCN(C[C@@H](O)COc2ccc(-c3ccccc3)cc2)CC1. The zero-order chi connectivity index (χ0) is 18.4.